The summed E-state index contributed by atoms with van der Waals surface area (Å²) in [5, 5.41) is 6.37. The maximum absolute atomic E-state index is 13.6. The molecular formula is C16H15FN4O2. The lowest BCUT2D eigenvalue weighted by molar-refractivity contribution is 0.0941. The van der Waals surface area contributed by atoms with Crippen LogP contribution in [0.5, 0.6) is 0 Å². The number of imidazole rings is 1. The number of carbonyl (C=O) groups excluding carboxylic acids is 1. The van der Waals surface area contributed by atoms with Crippen molar-refractivity contribution in [1.82, 2.24) is 20.0 Å². The molecule has 2 heterocycles. The van der Waals surface area contributed by atoms with Gasteiger partial charge < -0.3 is 14.4 Å². The number of nitrogens with one attached hydrogen (secondary N) is 1. The Balaban J connectivity index is 1.84. The fourth-order valence-corrected chi connectivity index (χ4v) is 2.30. The number of hydrogen-bond donors (Lipinski definition) is 1. The summed E-state index contributed by atoms with van der Waals surface area (Å²) < 4.78 is 20.3. The lowest BCUT2D eigenvalue weighted by atomic mass is 10.1. The number of aromatic nitrogens is 3. The molecular weight excluding hydrogens is 299 g/mol. The molecule has 3 aromatic rings. The standard InChI is InChI=1S/C16H15FN4O2/c1-10-7-14(20-23-10)16(22)19-9-12-8-13(17)3-4-15(12)21-6-5-18-11(21)2/h3-8H,9H2,1-2H3,(H,19,22). The Bertz CT molecular complexity index is 853. The van der Waals surface area contributed by atoms with Crippen molar-refractivity contribution in [3.63, 3.8) is 0 Å². The van der Waals surface area contributed by atoms with Crippen molar-refractivity contribution in [1.29, 1.82) is 0 Å². The summed E-state index contributed by atoms with van der Waals surface area (Å²) in [6.45, 7) is 3.72. The van der Waals surface area contributed by atoms with Gasteiger partial charge in [-0.15, -0.1) is 0 Å². The summed E-state index contributed by atoms with van der Waals surface area (Å²) >= 11 is 0. The Morgan fingerprint density at radius 1 is 1.35 bits per heavy atom. The summed E-state index contributed by atoms with van der Waals surface area (Å²) in [7, 11) is 0. The van der Waals surface area contributed by atoms with E-state index in [1.165, 1.54) is 12.1 Å². The molecule has 0 bridgehead atoms. The molecule has 0 aliphatic rings. The summed E-state index contributed by atoms with van der Waals surface area (Å²) in [5.41, 5.74) is 1.59. The van der Waals surface area contributed by atoms with E-state index >= 15 is 0 Å². The lowest BCUT2D eigenvalue weighted by Crippen LogP contribution is -2.24. The minimum atomic E-state index is -0.376. The van der Waals surface area contributed by atoms with E-state index in [4.69, 9.17) is 4.52 Å². The van der Waals surface area contributed by atoms with Crippen molar-refractivity contribution in [3.05, 3.63) is 65.3 Å². The third-order valence-electron chi connectivity index (χ3n) is 3.43. The van der Waals surface area contributed by atoms with Crippen LogP contribution in [0.1, 0.15) is 27.6 Å². The zero-order valence-electron chi connectivity index (χ0n) is 12.7. The normalized spacial score (nSPS) is 10.7. The molecule has 0 atom stereocenters. The summed E-state index contributed by atoms with van der Waals surface area (Å²) in [6, 6.07) is 5.97. The van der Waals surface area contributed by atoms with Gasteiger partial charge >= 0.3 is 0 Å². The molecule has 6 nitrogen and oxygen atoms in total. The van der Waals surface area contributed by atoms with Crippen LogP contribution in [0.15, 0.2) is 41.2 Å². The average Bonchev–Trinajstić information content (AvgIpc) is 3.14. The number of halogens is 1. The first kappa shape index (κ1) is 15.0. The van der Waals surface area contributed by atoms with Crippen LogP contribution in [-0.2, 0) is 6.54 Å². The molecule has 3 rings (SSSR count). The molecule has 0 saturated heterocycles. The van der Waals surface area contributed by atoms with Crippen LogP contribution in [0.2, 0.25) is 0 Å². The molecule has 2 aromatic heterocycles. The Morgan fingerprint density at radius 2 is 2.17 bits per heavy atom. The topological polar surface area (TPSA) is 73.0 Å². The van der Waals surface area contributed by atoms with Crippen LogP contribution < -0.4 is 5.32 Å². The van der Waals surface area contributed by atoms with Crippen LogP contribution in [-0.4, -0.2) is 20.6 Å². The van der Waals surface area contributed by atoms with Gasteiger partial charge in [0.05, 0.1) is 5.69 Å². The van der Waals surface area contributed by atoms with Crippen LogP contribution in [0.25, 0.3) is 5.69 Å². The molecule has 0 unspecified atom stereocenters. The van der Waals surface area contributed by atoms with E-state index in [2.05, 4.69) is 15.5 Å². The Morgan fingerprint density at radius 3 is 2.83 bits per heavy atom. The highest BCUT2D eigenvalue weighted by atomic mass is 19.1. The van der Waals surface area contributed by atoms with Crippen LogP contribution in [0.3, 0.4) is 0 Å². The third kappa shape index (κ3) is 3.13. The summed E-state index contributed by atoms with van der Waals surface area (Å²) in [6.07, 6.45) is 3.45. The first-order valence-electron chi connectivity index (χ1n) is 7.05. The van der Waals surface area contributed by atoms with Gasteiger partial charge in [0.25, 0.3) is 5.91 Å². The second-order valence-corrected chi connectivity index (χ2v) is 5.12. The lowest BCUT2D eigenvalue weighted by Gasteiger charge is -2.12. The minimum absolute atomic E-state index is 0.162. The van der Waals surface area contributed by atoms with Gasteiger partial charge in [-0.1, -0.05) is 5.16 Å². The molecule has 7 heteroatoms. The fourth-order valence-electron chi connectivity index (χ4n) is 2.30. The van der Waals surface area contributed by atoms with Crippen molar-refractivity contribution >= 4 is 5.91 Å². The fraction of sp³-hybridized carbons (Fsp3) is 0.188. The highest BCUT2D eigenvalue weighted by Crippen LogP contribution is 2.18. The molecule has 0 fully saturated rings. The van der Waals surface area contributed by atoms with Crippen molar-refractivity contribution in [2.24, 2.45) is 0 Å². The second-order valence-electron chi connectivity index (χ2n) is 5.12. The number of hydrogen-bond acceptors (Lipinski definition) is 4. The highest BCUT2D eigenvalue weighted by molar-refractivity contribution is 5.92. The van der Waals surface area contributed by atoms with Gasteiger partial charge in [0, 0.05) is 25.0 Å². The summed E-state index contributed by atoms with van der Waals surface area (Å²) in [5.74, 6) is 0.583. The molecule has 0 aliphatic carbocycles. The molecule has 0 aliphatic heterocycles. The number of benzene rings is 1. The van der Waals surface area contributed by atoms with E-state index in [9.17, 15) is 9.18 Å². The van der Waals surface area contributed by atoms with Gasteiger partial charge in [-0.3, -0.25) is 4.79 Å². The van der Waals surface area contributed by atoms with Crippen molar-refractivity contribution < 1.29 is 13.7 Å². The quantitative estimate of drug-likeness (QED) is 0.803. The maximum Gasteiger partial charge on any atom is 0.273 e. The molecule has 118 valence electrons. The van der Waals surface area contributed by atoms with Crippen LogP contribution in [0.4, 0.5) is 4.39 Å². The molecule has 1 amide bonds. The number of carbonyl (C=O) groups is 1. The van der Waals surface area contributed by atoms with E-state index in [1.807, 2.05) is 11.5 Å². The first-order valence-corrected chi connectivity index (χ1v) is 7.05. The number of nitrogens with zero attached hydrogens (tertiary/aromatic N) is 3. The van der Waals surface area contributed by atoms with Crippen molar-refractivity contribution in [2.75, 3.05) is 0 Å². The van der Waals surface area contributed by atoms with Gasteiger partial charge in [-0.25, -0.2) is 9.37 Å². The molecule has 23 heavy (non-hydrogen) atoms. The zero-order valence-corrected chi connectivity index (χ0v) is 12.7. The number of amides is 1. The van der Waals surface area contributed by atoms with Crippen molar-refractivity contribution in [2.45, 2.75) is 20.4 Å². The SMILES string of the molecule is Cc1cc(C(=O)NCc2cc(F)ccc2-n2ccnc2C)no1. The van der Waals surface area contributed by atoms with E-state index in [1.54, 1.807) is 31.5 Å². The predicted octanol–water partition coefficient (Wildman–Crippen LogP) is 2.55. The van der Waals surface area contributed by atoms with Gasteiger partial charge in [0.2, 0.25) is 0 Å². The van der Waals surface area contributed by atoms with Crippen LogP contribution in [0, 0.1) is 19.7 Å². The minimum Gasteiger partial charge on any atom is -0.361 e. The zero-order chi connectivity index (χ0) is 16.4. The Kier molecular flexibility index (Phi) is 3.92. The summed E-state index contributed by atoms with van der Waals surface area (Å²) in [4.78, 5) is 16.2. The molecule has 0 saturated carbocycles. The maximum atomic E-state index is 13.6. The van der Waals surface area contributed by atoms with Gasteiger partial charge in [0.1, 0.15) is 17.4 Å². The third-order valence-corrected chi connectivity index (χ3v) is 3.43. The Hall–Kier alpha value is -2.96. The first-order chi connectivity index (χ1) is 11.0. The van der Waals surface area contributed by atoms with E-state index < -0.39 is 0 Å². The van der Waals surface area contributed by atoms with Crippen molar-refractivity contribution in [3.8, 4) is 5.69 Å². The van der Waals surface area contributed by atoms with Gasteiger partial charge in [0.15, 0.2) is 5.69 Å². The molecule has 0 spiro atoms. The average molecular weight is 314 g/mol. The van der Waals surface area contributed by atoms with Gasteiger partial charge in [-0.05, 0) is 37.6 Å². The molecule has 1 aromatic carbocycles. The van der Waals surface area contributed by atoms with Crippen LogP contribution >= 0.6 is 0 Å². The van der Waals surface area contributed by atoms with E-state index in [0.717, 1.165) is 11.5 Å². The highest BCUT2D eigenvalue weighted by Gasteiger charge is 2.13. The number of rotatable bonds is 4. The predicted molar refractivity (Wildman–Crippen MR) is 80.7 cm³/mol. The monoisotopic (exact) mass is 314 g/mol. The van der Waals surface area contributed by atoms with E-state index in [0.29, 0.717) is 11.3 Å². The second kappa shape index (κ2) is 6.04. The smallest absolute Gasteiger partial charge is 0.273 e. The van der Waals surface area contributed by atoms with E-state index in [-0.39, 0.29) is 24.0 Å². The molecule has 0 radical (unpaired) electrons. The van der Waals surface area contributed by atoms with Gasteiger partial charge in [-0.2, -0.15) is 0 Å². The molecule has 1 N–H and O–H groups in total. The largest absolute Gasteiger partial charge is 0.361 e. The Labute approximate surface area is 131 Å². The number of aryl methyl sites for hydroxylation is 2.